The highest BCUT2D eigenvalue weighted by Crippen LogP contribution is 2.35. The molecular weight excluding hydrogens is 750 g/mol. The van der Waals surface area contributed by atoms with Crippen molar-refractivity contribution in [3.05, 3.63) is 139 Å². The molecule has 59 heavy (non-hydrogen) atoms. The molecule has 0 spiro atoms. The minimum absolute atomic E-state index is 0.974. The van der Waals surface area contributed by atoms with Gasteiger partial charge in [0.25, 0.3) is 0 Å². The minimum atomic E-state index is 0.974. The lowest BCUT2D eigenvalue weighted by atomic mass is 9.67. The first-order valence-electron chi connectivity index (χ1n) is 21.9. The third-order valence-corrected chi connectivity index (χ3v) is 14.5. The van der Waals surface area contributed by atoms with Gasteiger partial charge in [0.15, 0.2) is 0 Å². The van der Waals surface area contributed by atoms with E-state index in [1.54, 1.807) is 0 Å². The molecule has 0 aliphatic heterocycles. The number of hydrogen-bond donors (Lipinski definition) is 0. The van der Waals surface area contributed by atoms with Crippen molar-refractivity contribution in [2.75, 3.05) is 36.0 Å². The number of hydrogen-bond acceptors (Lipinski definition) is 4. The largest absolute Gasteiger partial charge is 0.372 e. The van der Waals surface area contributed by atoms with Crippen LogP contribution in [0.15, 0.2) is 84.9 Å². The van der Waals surface area contributed by atoms with Crippen molar-refractivity contribution < 1.29 is 0 Å². The lowest BCUT2D eigenvalue weighted by Crippen LogP contribution is -2.26. The van der Waals surface area contributed by atoms with E-state index in [9.17, 15) is 0 Å². The summed E-state index contributed by atoms with van der Waals surface area (Å²) in [4.78, 5) is 7.65. The standard InChI is InChI=1S/C53H60B2N2S2/c1-9-29-56(30-10-2)46-21-13-40(14-22-46)17-27-50-36(5)38(7)52(58-50)54-44-19-25-48-42(34-44)33-43-35-45(20-26-49(43)48)55-53-39(8)37(6)51(59-53)28-18-41-15-23-47(24-16-41)57(31-11-3)32-12-4/h13-28,34-35H,9-12,29-33H2,1-8H3/b27-17+,28-18+. The summed E-state index contributed by atoms with van der Waals surface area (Å²) in [5.41, 5.74) is 18.8. The molecule has 0 bridgehead atoms. The van der Waals surface area contributed by atoms with E-state index < -0.39 is 0 Å². The molecule has 2 radical (unpaired) electrons. The molecule has 0 fully saturated rings. The molecule has 2 heterocycles. The maximum Gasteiger partial charge on any atom is 0.205 e. The van der Waals surface area contributed by atoms with E-state index in [0.29, 0.717) is 0 Å². The molecule has 6 aromatic rings. The Bertz CT molecular complexity index is 2230. The zero-order valence-corrected chi connectivity index (χ0v) is 38.3. The van der Waals surface area contributed by atoms with Crippen LogP contribution in [0.4, 0.5) is 11.4 Å². The highest BCUT2D eigenvalue weighted by Gasteiger charge is 2.21. The molecule has 0 amide bonds. The van der Waals surface area contributed by atoms with E-state index in [-0.39, 0.29) is 0 Å². The van der Waals surface area contributed by atoms with Gasteiger partial charge >= 0.3 is 0 Å². The average Bonchev–Trinajstić information content (AvgIpc) is 3.84. The van der Waals surface area contributed by atoms with Gasteiger partial charge in [-0.15, -0.1) is 0 Å². The average molecular weight is 811 g/mol. The van der Waals surface area contributed by atoms with Gasteiger partial charge in [-0.3, -0.25) is 0 Å². The quantitative estimate of drug-likeness (QED) is 0.0797. The molecule has 7 rings (SSSR count). The molecular formula is C53H60B2N2S2. The maximum absolute atomic E-state index is 2.49. The lowest BCUT2D eigenvalue weighted by molar-refractivity contribution is 0.745. The Morgan fingerprint density at radius 3 is 1.20 bits per heavy atom. The summed E-state index contributed by atoms with van der Waals surface area (Å²) in [5.74, 6) is 0. The Balaban J connectivity index is 0.993. The summed E-state index contributed by atoms with van der Waals surface area (Å²) >= 11 is 3.79. The van der Waals surface area contributed by atoms with Crippen LogP contribution in [0.1, 0.15) is 108 Å². The van der Waals surface area contributed by atoms with Gasteiger partial charge in [0.1, 0.15) is 0 Å². The topological polar surface area (TPSA) is 6.48 Å². The predicted molar refractivity (Wildman–Crippen MR) is 269 cm³/mol. The van der Waals surface area contributed by atoms with Crippen molar-refractivity contribution in [2.24, 2.45) is 0 Å². The number of rotatable bonds is 18. The highest BCUT2D eigenvalue weighted by atomic mass is 32.1. The van der Waals surface area contributed by atoms with Gasteiger partial charge in [0, 0.05) is 47.3 Å². The number of thiophene rings is 2. The third-order valence-electron chi connectivity index (χ3n) is 11.9. The van der Waals surface area contributed by atoms with Gasteiger partial charge in [-0.05, 0) is 161 Å². The summed E-state index contributed by atoms with van der Waals surface area (Å²) in [5, 5.41) is 0. The van der Waals surface area contributed by atoms with Crippen LogP contribution in [-0.4, -0.2) is 40.7 Å². The van der Waals surface area contributed by atoms with Gasteiger partial charge in [-0.1, -0.05) is 111 Å². The Labute approximate surface area is 365 Å². The first-order chi connectivity index (χ1) is 28.7. The van der Waals surface area contributed by atoms with Gasteiger partial charge < -0.3 is 9.80 Å². The van der Waals surface area contributed by atoms with Crippen molar-refractivity contribution in [2.45, 2.75) is 87.5 Å². The highest BCUT2D eigenvalue weighted by molar-refractivity contribution is 7.24. The van der Waals surface area contributed by atoms with E-state index in [0.717, 1.165) is 32.6 Å². The fourth-order valence-electron chi connectivity index (χ4n) is 8.36. The van der Waals surface area contributed by atoms with Crippen molar-refractivity contribution in [3.63, 3.8) is 0 Å². The summed E-state index contributed by atoms with van der Waals surface area (Å²) in [6, 6.07) is 32.2. The molecule has 6 heteroatoms. The van der Waals surface area contributed by atoms with Crippen LogP contribution in [0, 0.1) is 27.7 Å². The van der Waals surface area contributed by atoms with Crippen molar-refractivity contribution >= 4 is 93.4 Å². The van der Waals surface area contributed by atoms with Crippen molar-refractivity contribution in [1.82, 2.24) is 0 Å². The molecule has 0 saturated carbocycles. The molecule has 1 aliphatic rings. The maximum atomic E-state index is 2.49. The lowest BCUT2D eigenvalue weighted by Gasteiger charge is -2.23. The second kappa shape index (κ2) is 19.7. The number of fused-ring (bicyclic) bond motifs is 3. The Kier molecular flexibility index (Phi) is 14.2. The molecule has 2 nitrogen and oxygen atoms in total. The van der Waals surface area contributed by atoms with Crippen LogP contribution < -0.4 is 30.3 Å². The third kappa shape index (κ3) is 9.93. The fourth-order valence-corrected chi connectivity index (χ4v) is 10.7. The summed E-state index contributed by atoms with van der Waals surface area (Å²) in [6.07, 6.45) is 14.8. The minimum Gasteiger partial charge on any atom is -0.372 e. The van der Waals surface area contributed by atoms with Crippen LogP contribution >= 0.6 is 22.7 Å². The second-order valence-corrected chi connectivity index (χ2v) is 18.5. The normalized spacial score (nSPS) is 12.1. The van der Waals surface area contributed by atoms with Crippen LogP contribution in [-0.2, 0) is 6.42 Å². The van der Waals surface area contributed by atoms with E-state index in [1.165, 1.54) is 123 Å². The van der Waals surface area contributed by atoms with Gasteiger partial charge in [-0.2, -0.15) is 22.7 Å². The molecule has 1 aliphatic carbocycles. The van der Waals surface area contributed by atoms with Crippen LogP contribution in [0.3, 0.4) is 0 Å². The molecule has 300 valence electrons. The first kappa shape index (κ1) is 42.6. The first-order valence-corrected chi connectivity index (χ1v) is 23.5. The SMILES string of the molecule is CCCN(CCC)c1ccc(/C=C/c2sc([B]c3ccc4c(c3)Cc3cc([B]c5sc(/C=C/c6ccc(N(CCC)CCC)cc6)c(C)c5C)ccc3-4)c(C)c2C)cc1. The zero-order valence-electron chi connectivity index (χ0n) is 36.6. The van der Waals surface area contributed by atoms with E-state index in [4.69, 9.17) is 0 Å². The molecule has 0 N–H and O–H groups in total. The molecule has 0 saturated heterocycles. The van der Waals surface area contributed by atoms with E-state index in [2.05, 4.69) is 189 Å². The molecule has 2 aromatic heterocycles. The zero-order chi connectivity index (χ0) is 41.5. The number of anilines is 2. The smallest absolute Gasteiger partial charge is 0.205 e. The fraction of sp³-hybridized carbons (Fsp3) is 0.321. The van der Waals surface area contributed by atoms with Crippen LogP contribution in [0.25, 0.3) is 35.4 Å². The van der Waals surface area contributed by atoms with E-state index >= 15 is 0 Å². The van der Waals surface area contributed by atoms with Crippen LogP contribution in [0.5, 0.6) is 0 Å². The molecule has 0 unspecified atom stereocenters. The van der Waals surface area contributed by atoms with Gasteiger partial charge in [-0.25, -0.2) is 0 Å². The Morgan fingerprint density at radius 2 is 0.847 bits per heavy atom. The van der Waals surface area contributed by atoms with Gasteiger partial charge in [0.2, 0.25) is 14.6 Å². The Hall–Kier alpha value is -4.51. The predicted octanol–water partition coefficient (Wildman–Crippen LogP) is 11.5. The van der Waals surface area contributed by atoms with Crippen molar-refractivity contribution in [3.8, 4) is 11.1 Å². The summed E-state index contributed by atoms with van der Waals surface area (Å²) in [7, 11) is 4.77. The monoisotopic (exact) mass is 810 g/mol. The Morgan fingerprint density at radius 1 is 0.475 bits per heavy atom. The number of benzene rings is 4. The molecule has 4 aromatic carbocycles. The van der Waals surface area contributed by atoms with Gasteiger partial charge in [0.05, 0.1) is 0 Å². The van der Waals surface area contributed by atoms with Crippen LogP contribution in [0.2, 0.25) is 0 Å². The summed E-state index contributed by atoms with van der Waals surface area (Å²) in [6.45, 7) is 22.5. The summed E-state index contributed by atoms with van der Waals surface area (Å²) < 4.78 is 2.68. The van der Waals surface area contributed by atoms with E-state index in [1.807, 2.05) is 22.7 Å². The van der Waals surface area contributed by atoms with Crippen molar-refractivity contribution in [1.29, 1.82) is 0 Å². The molecule has 0 atom stereocenters. The number of nitrogens with zero attached hydrogens (tertiary/aromatic N) is 2. The second-order valence-electron chi connectivity index (χ2n) is 16.3.